The Balaban J connectivity index is 3.69. The Morgan fingerprint density at radius 3 is 1.90 bits per heavy atom. The van der Waals surface area contributed by atoms with Crippen LogP contribution in [0, 0.1) is 17.8 Å². The van der Waals surface area contributed by atoms with E-state index in [2.05, 4.69) is 53.6 Å². The molecule has 3 atom stereocenters. The Hall–Kier alpha value is -0.0400. The van der Waals surface area contributed by atoms with Crippen LogP contribution in [0.2, 0.25) is 0 Å². The topological polar surface area (TPSA) is 3.24 Å². The second-order valence-corrected chi connectivity index (χ2v) is 7.68. The Kier molecular flexibility index (Phi) is 11.6. The highest BCUT2D eigenvalue weighted by Gasteiger charge is 2.11. The molecule has 0 fully saturated rings. The maximum atomic E-state index is 2.43. The summed E-state index contributed by atoms with van der Waals surface area (Å²) in [6.45, 7) is 11.8. The summed E-state index contributed by atoms with van der Waals surface area (Å²) in [5.74, 6) is 2.74. The minimum atomic E-state index is 0.732. The van der Waals surface area contributed by atoms with Crippen molar-refractivity contribution < 1.29 is 0 Å². The molecule has 0 aromatic rings. The smallest absolute Gasteiger partial charge is 0.00609 e. The molecule has 0 rings (SSSR count). The number of rotatable bonds is 12. The molecule has 122 valence electrons. The fraction of sp³-hybridized carbons (Fsp3) is 1.00. The van der Waals surface area contributed by atoms with Gasteiger partial charge in [-0.05, 0) is 58.0 Å². The van der Waals surface area contributed by atoms with Crippen molar-refractivity contribution in [3.8, 4) is 0 Å². The molecule has 0 bridgehead atoms. The van der Waals surface area contributed by atoms with Gasteiger partial charge in [-0.25, -0.2) is 0 Å². The molecular formula is C19H41N. The van der Waals surface area contributed by atoms with Gasteiger partial charge in [0.2, 0.25) is 0 Å². The van der Waals surface area contributed by atoms with Gasteiger partial charge in [0.05, 0.1) is 0 Å². The highest BCUT2D eigenvalue weighted by molar-refractivity contribution is 4.65. The molecule has 0 radical (unpaired) electrons. The van der Waals surface area contributed by atoms with E-state index < -0.39 is 0 Å². The summed E-state index contributed by atoms with van der Waals surface area (Å²) < 4.78 is 0. The van der Waals surface area contributed by atoms with E-state index in [0.717, 1.165) is 23.8 Å². The number of nitrogens with zero attached hydrogens (tertiary/aromatic N) is 1. The second-order valence-electron chi connectivity index (χ2n) is 7.68. The summed E-state index contributed by atoms with van der Waals surface area (Å²) in [7, 11) is 4.39. The predicted molar refractivity (Wildman–Crippen MR) is 93.3 cm³/mol. The van der Waals surface area contributed by atoms with Crippen molar-refractivity contribution in [1.82, 2.24) is 4.90 Å². The van der Waals surface area contributed by atoms with Crippen LogP contribution in [0.15, 0.2) is 0 Å². The van der Waals surface area contributed by atoms with Crippen molar-refractivity contribution in [1.29, 1.82) is 0 Å². The van der Waals surface area contributed by atoms with Gasteiger partial charge in [-0.1, -0.05) is 59.8 Å². The average molecular weight is 284 g/mol. The normalized spacial score (nSPS) is 16.6. The van der Waals surface area contributed by atoms with Gasteiger partial charge in [0.15, 0.2) is 0 Å². The third-order valence-electron chi connectivity index (χ3n) is 4.88. The lowest BCUT2D eigenvalue weighted by molar-refractivity contribution is 0.269. The molecule has 0 aromatic heterocycles. The van der Waals surface area contributed by atoms with E-state index in [0.29, 0.717) is 0 Å². The van der Waals surface area contributed by atoms with Crippen LogP contribution in [0.25, 0.3) is 0 Å². The zero-order chi connectivity index (χ0) is 15.5. The fourth-order valence-corrected chi connectivity index (χ4v) is 3.14. The average Bonchev–Trinajstić information content (AvgIpc) is 2.36. The van der Waals surface area contributed by atoms with Gasteiger partial charge < -0.3 is 4.90 Å². The van der Waals surface area contributed by atoms with E-state index in [9.17, 15) is 0 Å². The van der Waals surface area contributed by atoms with Crippen LogP contribution in [0.1, 0.15) is 86.0 Å². The van der Waals surface area contributed by atoms with Crippen LogP contribution in [-0.2, 0) is 0 Å². The molecule has 0 aliphatic heterocycles. The van der Waals surface area contributed by atoms with Gasteiger partial charge in [-0.2, -0.15) is 0 Å². The highest BCUT2D eigenvalue weighted by Crippen LogP contribution is 2.23. The van der Waals surface area contributed by atoms with Crippen molar-refractivity contribution >= 4 is 0 Å². The Morgan fingerprint density at radius 1 is 0.800 bits per heavy atom. The maximum Gasteiger partial charge on any atom is 0.00609 e. The van der Waals surface area contributed by atoms with Crippen LogP contribution in [0.4, 0.5) is 0 Å². The molecule has 0 N–H and O–H groups in total. The van der Waals surface area contributed by atoms with Crippen molar-refractivity contribution in [2.75, 3.05) is 14.1 Å². The van der Waals surface area contributed by atoms with Crippen molar-refractivity contribution in [2.45, 2.75) is 92.0 Å². The van der Waals surface area contributed by atoms with Crippen LogP contribution in [0.3, 0.4) is 0 Å². The van der Waals surface area contributed by atoms with Crippen molar-refractivity contribution in [3.05, 3.63) is 0 Å². The number of unbranched alkanes of at least 4 members (excludes halogenated alkanes) is 1. The van der Waals surface area contributed by atoms with E-state index in [-0.39, 0.29) is 0 Å². The number of hydrogen-bond acceptors (Lipinski definition) is 1. The van der Waals surface area contributed by atoms with Crippen molar-refractivity contribution in [2.24, 2.45) is 17.8 Å². The minimum absolute atomic E-state index is 0.732. The molecule has 0 heterocycles. The van der Waals surface area contributed by atoms with E-state index in [4.69, 9.17) is 0 Å². The molecule has 0 spiro atoms. The first-order valence-electron chi connectivity index (χ1n) is 9.03. The molecule has 0 aliphatic carbocycles. The summed E-state index contributed by atoms with van der Waals surface area (Å²) in [6, 6.07) is 0.732. The molecule has 20 heavy (non-hydrogen) atoms. The Morgan fingerprint density at radius 2 is 1.40 bits per heavy atom. The zero-order valence-corrected chi connectivity index (χ0v) is 15.4. The van der Waals surface area contributed by atoms with Crippen LogP contribution >= 0.6 is 0 Å². The predicted octanol–water partition coefficient (Wildman–Crippen LogP) is 5.99. The summed E-state index contributed by atoms with van der Waals surface area (Å²) in [5.41, 5.74) is 0. The van der Waals surface area contributed by atoms with E-state index in [1.165, 1.54) is 51.4 Å². The van der Waals surface area contributed by atoms with Gasteiger partial charge in [-0.15, -0.1) is 0 Å². The lowest BCUT2D eigenvalue weighted by Crippen LogP contribution is -2.25. The molecule has 0 saturated heterocycles. The first kappa shape index (κ1) is 20.0. The molecule has 1 nitrogen and oxygen atoms in total. The summed E-state index contributed by atoms with van der Waals surface area (Å²) in [4.78, 5) is 2.35. The largest absolute Gasteiger partial charge is 0.307 e. The zero-order valence-electron chi connectivity index (χ0n) is 15.4. The van der Waals surface area contributed by atoms with Crippen molar-refractivity contribution in [3.63, 3.8) is 0 Å². The van der Waals surface area contributed by atoms with Gasteiger partial charge in [-0.3, -0.25) is 0 Å². The fourth-order valence-electron chi connectivity index (χ4n) is 3.14. The maximum absolute atomic E-state index is 2.43. The third kappa shape index (κ3) is 10.7. The van der Waals surface area contributed by atoms with E-state index in [1.807, 2.05) is 0 Å². The molecular weight excluding hydrogens is 242 g/mol. The summed E-state index contributed by atoms with van der Waals surface area (Å²) >= 11 is 0. The standard InChI is InChI=1S/C19H41N/c1-8-19(14-13-18(5)20(6)7)12-10-9-11-17(4)15-16(2)3/h16-19H,8-15H2,1-7H3. The van der Waals surface area contributed by atoms with Gasteiger partial charge in [0.25, 0.3) is 0 Å². The van der Waals surface area contributed by atoms with Crippen LogP contribution in [0.5, 0.6) is 0 Å². The van der Waals surface area contributed by atoms with Gasteiger partial charge in [0, 0.05) is 6.04 Å². The molecule has 0 aromatic carbocycles. The molecule has 0 saturated carbocycles. The second kappa shape index (κ2) is 11.6. The third-order valence-corrected chi connectivity index (χ3v) is 4.88. The van der Waals surface area contributed by atoms with Crippen LogP contribution < -0.4 is 0 Å². The highest BCUT2D eigenvalue weighted by atomic mass is 15.1. The molecule has 1 heteroatoms. The van der Waals surface area contributed by atoms with Gasteiger partial charge >= 0.3 is 0 Å². The summed E-state index contributed by atoms with van der Waals surface area (Å²) in [6.07, 6.45) is 11.3. The quantitative estimate of drug-likeness (QED) is 0.398. The number of hydrogen-bond donors (Lipinski definition) is 0. The molecule has 0 amide bonds. The van der Waals surface area contributed by atoms with Crippen LogP contribution in [-0.4, -0.2) is 25.0 Å². The lowest BCUT2D eigenvalue weighted by atomic mass is 9.89. The van der Waals surface area contributed by atoms with E-state index in [1.54, 1.807) is 0 Å². The first-order chi connectivity index (χ1) is 9.36. The molecule has 0 aliphatic rings. The SMILES string of the molecule is CCC(CCCCC(C)CC(C)C)CCC(C)N(C)C. The minimum Gasteiger partial charge on any atom is -0.307 e. The Bertz CT molecular complexity index is 210. The Labute approximate surface area is 129 Å². The molecule has 3 unspecified atom stereocenters. The van der Waals surface area contributed by atoms with E-state index >= 15 is 0 Å². The van der Waals surface area contributed by atoms with Gasteiger partial charge in [0.1, 0.15) is 0 Å². The monoisotopic (exact) mass is 283 g/mol. The summed E-state index contributed by atoms with van der Waals surface area (Å²) in [5, 5.41) is 0. The first-order valence-corrected chi connectivity index (χ1v) is 9.03. The lowest BCUT2D eigenvalue weighted by Gasteiger charge is -2.22.